The van der Waals surface area contributed by atoms with Crippen molar-refractivity contribution in [1.29, 1.82) is 0 Å². The smallest absolute Gasteiger partial charge is 0.249 e. The molecule has 2 aliphatic heterocycles. The third-order valence-corrected chi connectivity index (χ3v) is 6.54. The van der Waals surface area contributed by atoms with Gasteiger partial charge in [-0.2, -0.15) is 0 Å². The SMILES string of the molecule is Cc1cc(C=CC(=O)N2C3CCC2CN(Cc2ccc(F)cc2)C3)c(C(N)=O)cc1Cl. The molecule has 0 radical (unpaired) electrons. The predicted octanol–water partition coefficient (Wildman–Crippen LogP) is 3.78. The molecule has 2 heterocycles. The molecular weight excluding hydrogens is 417 g/mol. The molecule has 0 spiro atoms. The van der Waals surface area contributed by atoms with Crippen LogP contribution in [0.1, 0.15) is 39.9 Å². The molecular formula is C24H25ClFN3O2. The minimum Gasteiger partial charge on any atom is -0.366 e. The fourth-order valence-corrected chi connectivity index (χ4v) is 4.79. The number of aryl methyl sites for hydroxylation is 1. The van der Waals surface area contributed by atoms with Gasteiger partial charge in [-0.1, -0.05) is 23.7 Å². The van der Waals surface area contributed by atoms with Gasteiger partial charge in [0.1, 0.15) is 5.82 Å². The summed E-state index contributed by atoms with van der Waals surface area (Å²) in [7, 11) is 0. The maximum Gasteiger partial charge on any atom is 0.249 e. The molecule has 162 valence electrons. The summed E-state index contributed by atoms with van der Waals surface area (Å²) in [4.78, 5) is 29.1. The molecule has 2 unspecified atom stereocenters. The van der Waals surface area contributed by atoms with Gasteiger partial charge >= 0.3 is 0 Å². The molecule has 2 aromatic rings. The standard InChI is InChI=1S/C24H25ClFN3O2/c1-15-10-17(21(24(27)31)11-22(15)25)4-9-23(30)29-19-7-8-20(29)14-28(13-19)12-16-2-5-18(26)6-3-16/h2-6,9-11,19-20H,7-8,12-14H2,1H3,(H2,27,31). The molecule has 31 heavy (non-hydrogen) atoms. The number of carbonyl (C=O) groups excluding carboxylic acids is 2. The molecule has 0 aliphatic carbocycles. The maximum atomic E-state index is 13.1. The van der Waals surface area contributed by atoms with Gasteiger partial charge in [-0.15, -0.1) is 0 Å². The van der Waals surface area contributed by atoms with Crippen LogP contribution in [0.4, 0.5) is 4.39 Å². The molecule has 2 aliphatic rings. The summed E-state index contributed by atoms with van der Waals surface area (Å²) >= 11 is 6.11. The van der Waals surface area contributed by atoms with Crippen molar-refractivity contribution in [2.24, 2.45) is 5.73 Å². The van der Waals surface area contributed by atoms with Gasteiger partial charge in [-0.05, 0) is 66.8 Å². The van der Waals surface area contributed by atoms with Crippen molar-refractivity contribution in [2.45, 2.75) is 38.4 Å². The van der Waals surface area contributed by atoms with Crippen LogP contribution >= 0.6 is 11.6 Å². The van der Waals surface area contributed by atoms with Crippen LogP contribution in [0, 0.1) is 12.7 Å². The zero-order chi connectivity index (χ0) is 22.1. The van der Waals surface area contributed by atoms with Crippen molar-refractivity contribution in [1.82, 2.24) is 9.80 Å². The lowest BCUT2D eigenvalue weighted by Crippen LogP contribution is -2.55. The van der Waals surface area contributed by atoms with Crippen LogP contribution < -0.4 is 5.73 Å². The maximum absolute atomic E-state index is 13.1. The molecule has 2 N–H and O–H groups in total. The number of nitrogens with two attached hydrogens (primary N) is 1. The molecule has 2 amide bonds. The van der Waals surface area contributed by atoms with Crippen molar-refractivity contribution in [3.8, 4) is 0 Å². The molecule has 0 aromatic heterocycles. The van der Waals surface area contributed by atoms with Crippen molar-refractivity contribution < 1.29 is 14.0 Å². The monoisotopic (exact) mass is 441 g/mol. The lowest BCUT2D eigenvalue weighted by atomic mass is 10.0. The number of benzene rings is 2. The third-order valence-electron chi connectivity index (χ3n) is 6.13. The van der Waals surface area contributed by atoms with E-state index in [9.17, 15) is 14.0 Å². The number of hydrogen-bond donors (Lipinski definition) is 1. The van der Waals surface area contributed by atoms with Gasteiger partial charge in [0.15, 0.2) is 0 Å². The van der Waals surface area contributed by atoms with Gasteiger partial charge in [-0.25, -0.2) is 4.39 Å². The van der Waals surface area contributed by atoms with Gasteiger partial charge in [0.05, 0.1) is 0 Å². The molecule has 2 fully saturated rings. The molecule has 7 heteroatoms. The summed E-state index contributed by atoms with van der Waals surface area (Å²) < 4.78 is 13.1. The van der Waals surface area contributed by atoms with Crippen LogP contribution in [-0.4, -0.2) is 46.8 Å². The Balaban J connectivity index is 1.45. The lowest BCUT2D eigenvalue weighted by molar-refractivity contribution is -0.131. The van der Waals surface area contributed by atoms with Crippen molar-refractivity contribution >= 4 is 29.5 Å². The van der Waals surface area contributed by atoms with Crippen LogP contribution in [0.3, 0.4) is 0 Å². The third kappa shape index (κ3) is 4.65. The van der Waals surface area contributed by atoms with Gasteiger partial charge in [0.2, 0.25) is 11.8 Å². The van der Waals surface area contributed by atoms with Gasteiger partial charge < -0.3 is 10.6 Å². The highest BCUT2D eigenvalue weighted by atomic mass is 35.5. The first-order valence-electron chi connectivity index (χ1n) is 10.4. The number of piperazine rings is 1. The zero-order valence-electron chi connectivity index (χ0n) is 17.4. The lowest BCUT2D eigenvalue weighted by Gasteiger charge is -2.40. The van der Waals surface area contributed by atoms with E-state index in [1.54, 1.807) is 18.2 Å². The molecule has 2 bridgehead atoms. The second-order valence-electron chi connectivity index (χ2n) is 8.34. The first kappa shape index (κ1) is 21.5. The largest absolute Gasteiger partial charge is 0.366 e. The van der Waals surface area contributed by atoms with Crippen molar-refractivity contribution in [3.05, 3.63) is 75.6 Å². The number of carbonyl (C=O) groups is 2. The highest BCUT2D eigenvalue weighted by Crippen LogP contribution is 2.31. The van der Waals surface area contributed by atoms with Crippen LogP contribution in [0.5, 0.6) is 0 Å². The molecule has 2 atom stereocenters. The zero-order valence-corrected chi connectivity index (χ0v) is 18.1. The fourth-order valence-electron chi connectivity index (χ4n) is 4.63. The number of fused-ring (bicyclic) bond motifs is 2. The summed E-state index contributed by atoms with van der Waals surface area (Å²) in [5.74, 6) is -0.873. The number of likely N-dealkylation sites (tertiary alicyclic amines) is 1. The van der Waals surface area contributed by atoms with E-state index < -0.39 is 5.91 Å². The van der Waals surface area contributed by atoms with Crippen LogP contribution in [0.2, 0.25) is 5.02 Å². The number of amides is 2. The average Bonchev–Trinajstić information content (AvgIpc) is 3.00. The Bertz CT molecular complexity index is 1020. The molecule has 2 aromatic carbocycles. The Morgan fingerprint density at radius 1 is 1.16 bits per heavy atom. The molecule has 0 saturated carbocycles. The summed E-state index contributed by atoms with van der Waals surface area (Å²) in [6.45, 7) is 4.17. The number of nitrogens with zero attached hydrogens (tertiary/aromatic N) is 2. The van der Waals surface area contributed by atoms with Crippen LogP contribution in [0.15, 0.2) is 42.5 Å². The molecule has 5 nitrogen and oxygen atoms in total. The van der Waals surface area contributed by atoms with Gasteiger partial charge in [0, 0.05) is 48.4 Å². The Kier molecular flexibility index (Phi) is 6.12. The van der Waals surface area contributed by atoms with E-state index in [1.165, 1.54) is 18.2 Å². The highest BCUT2D eigenvalue weighted by Gasteiger charge is 2.41. The van der Waals surface area contributed by atoms with Gasteiger partial charge in [-0.3, -0.25) is 14.5 Å². The Labute approximate surface area is 186 Å². The van der Waals surface area contributed by atoms with Crippen LogP contribution in [0.25, 0.3) is 6.08 Å². The second-order valence-corrected chi connectivity index (χ2v) is 8.74. The van der Waals surface area contributed by atoms with Crippen LogP contribution in [-0.2, 0) is 11.3 Å². The fraction of sp³-hybridized carbons (Fsp3) is 0.333. The minimum atomic E-state index is -0.580. The Hall–Kier alpha value is -2.70. The number of primary amides is 1. The molecule has 2 saturated heterocycles. The van der Waals surface area contributed by atoms with E-state index in [2.05, 4.69) is 4.90 Å². The second kappa shape index (κ2) is 8.81. The summed E-state index contributed by atoms with van der Waals surface area (Å²) in [5.41, 5.74) is 8.24. The average molecular weight is 442 g/mol. The van der Waals surface area contributed by atoms with E-state index >= 15 is 0 Å². The first-order chi connectivity index (χ1) is 14.8. The minimum absolute atomic E-state index is 0.0584. The van der Waals surface area contributed by atoms with Gasteiger partial charge in [0.25, 0.3) is 0 Å². The number of rotatable bonds is 5. The Morgan fingerprint density at radius 3 is 2.42 bits per heavy atom. The van der Waals surface area contributed by atoms with E-state index in [4.69, 9.17) is 17.3 Å². The highest BCUT2D eigenvalue weighted by molar-refractivity contribution is 6.31. The van der Waals surface area contributed by atoms with E-state index in [-0.39, 0.29) is 23.8 Å². The quantitative estimate of drug-likeness (QED) is 0.718. The number of halogens is 2. The first-order valence-corrected chi connectivity index (χ1v) is 10.8. The van der Waals surface area contributed by atoms with E-state index in [0.29, 0.717) is 16.1 Å². The topological polar surface area (TPSA) is 66.6 Å². The molecule has 4 rings (SSSR count). The Morgan fingerprint density at radius 2 is 1.81 bits per heavy atom. The summed E-state index contributed by atoms with van der Waals surface area (Å²) in [5, 5.41) is 0.465. The normalized spacial score (nSPS) is 21.1. The predicted molar refractivity (Wildman–Crippen MR) is 119 cm³/mol. The van der Waals surface area contributed by atoms with E-state index in [1.807, 2.05) is 24.0 Å². The summed E-state index contributed by atoms with van der Waals surface area (Å²) in [6, 6.07) is 10.2. The van der Waals surface area contributed by atoms with Crippen molar-refractivity contribution in [2.75, 3.05) is 13.1 Å². The number of hydrogen-bond acceptors (Lipinski definition) is 3. The summed E-state index contributed by atoms with van der Waals surface area (Å²) in [6.07, 6.45) is 5.11. The van der Waals surface area contributed by atoms with Crippen molar-refractivity contribution in [3.63, 3.8) is 0 Å². The van der Waals surface area contributed by atoms with E-state index in [0.717, 1.165) is 43.6 Å².